The number of halogens is 11. The molecule has 0 bridgehead atoms. The average Bonchev–Trinajstić information content (AvgIpc) is 2.41. The monoisotopic (exact) mass is 408 g/mol. The minimum Gasteiger partial charge on any atom is -0.373 e. The van der Waals surface area contributed by atoms with Crippen LogP contribution in [0, 0.1) is 0 Å². The molecule has 0 aromatic carbocycles. The van der Waals surface area contributed by atoms with Crippen LogP contribution in [0.5, 0.6) is 0 Å². The number of aliphatic hydroxyl groups excluding tert-OH is 1. The lowest BCUT2D eigenvalue weighted by atomic mass is 10.4. The summed E-state index contributed by atoms with van der Waals surface area (Å²) in [5.74, 6) is -14.7. The molecule has 0 radical (unpaired) electrons. The van der Waals surface area contributed by atoms with Gasteiger partial charge >= 0.3 is 38.5 Å². The van der Waals surface area contributed by atoms with E-state index in [2.05, 4.69) is 9.05 Å². The second-order valence-corrected chi connectivity index (χ2v) is 6.21. The molecule has 0 aliphatic carbocycles. The molecule has 0 aromatic rings. The minimum atomic E-state index is -6.40. The van der Waals surface area contributed by atoms with Crippen molar-refractivity contribution in [2.24, 2.45) is 0 Å². The molecule has 0 aliphatic heterocycles. The largest absolute Gasteiger partial charge is 0.426 e. The van der Waals surface area contributed by atoms with Crippen molar-refractivity contribution in [1.82, 2.24) is 0 Å². The van der Waals surface area contributed by atoms with E-state index in [1.807, 2.05) is 0 Å². The molecule has 24 heavy (non-hydrogen) atoms. The number of aliphatic hydroxyl groups is 1. The Morgan fingerprint density at radius 3 is 1.29 bits per heavy atom. The zero-order valence-corrected chi connectivity index (χ0v) is 11.8. The molecule has 146 valence electrons. The van der Waals surface area contributed by atoms with Gasteiger partial charge in [-0.3, -0.25) is 13.6 Å². The van der Waals surface area contributed by atoms with Gasteiger partial charge in [-0.05, 0) is 0 Å². The van der Waals surface area contributed by atoms with E-state index in [0.29, 0.717) is 0 Å². The predicted octanol–water partition coefficient (Wildman–Crippen LogP) is 3.89. The normalized spacial score (nSPS) is 16.1. The van der Waals surface area contributed by atoms with Gasteiger partial charge < -0.3 is 5.11 Å². The van der Waals surface area contributed by atoms with Crippen LogP contribution in [-0.4, -0.2) is 55.0 Å². The van der Waals surface area contributed by atoms with Crippen LogP contribution in [0.15, 0.2) is 0 Å². The summed E-state index contributed by atoms with van der Waals surface area (Å²) in [5.41, 5.74) is 0. The number of rotatable bonds is 9. The molecular weight excluding hydrogens is 400 g/mol. The first kappa shape index (κ1) is 23.3. The van der Waals surface area contributed by atoms with Gasteiger partial charge in [-0.15, -0.1) is 0 Å². The third-order valence-corrected chi connectivity index (χ3v) is 3.97. The van der Waals surface area contributed by atoms with Gasteiger partial charge in [-0.2, -0.15) is 30.7 Å². The van der Waals surface area contributed by atoms with Crippen molar-refractivity contribution in [3.63, 3.8) is 0 Å². The van der Waals surface area contributed by atoms with Crippen molar-refractivity contribution in [1.29, 1.82) is 0 Å². The van der Waals surface area contributed by atoms with Crippen molar-refractivity contribution in [3.8, 4) is 0 Å². The Morgan fingerprint density at radius 1 is 0.792 bits per heavy atom. The Labute approximate surface area is 126 Å². The Hall–Kier alpha value is -0.660. The summed E-state index contributed by atoms with van der Waals surface area (Å²) < 4.78 is 152. The second kappa shape index (κ2) is 7.70. The molecule has 0 heterocycles. The van der Waals surface area contributed by atoms with Gasteiger partial charge in [0.05, 0.1) is 0 Å². The van der Waals surface area contributed by atoms with E-state index in [1.165, 1.54) is 0 Å². The number of hydrogen-bond donors (Lipinski definition) is 1. The minimum absolute atomic E-state index is 2.73. The van der Waals surface area contributed by atoms with E-state index in [9.17, 15) is 52.9 Å². The molecule has 16 heteroatoms. The van der Waals surface area contributed by atoms with Crippen LogP contribution in [0.4, 0.5) is 48.3 Å². The van der Waals surface area contributed by atoms with Crippen LogP contribution >= 0.6 is 7.60 Å². The molecule has 4 nitrogen and oxygen atoms in total. The lowest BCUT2D eigenvalue weighted by molar-refractivity contribution is -0.191. The molecule has 0 fully saturated rings. The maximum atomic E-state index is 12.6. The highest BCUT2D eigenvalue weighted by Crippen LogP contribution is 2.58. The fourth-order valence-electron chi connectivity index (χ4n) is 0.836. The maximum Gasteiger partial charge on any atom is 0.426 e. The Morgan fingerprint density at radius 2 is 1.08 bits per heavy atom. The van der Waals surface area contributed by atoms with Crippen LogP contribution in [0.1, 0.15) is 0 Å². The van der Waals surface area contributed by atoms with Crippen LogP contribution in [0.2, 0.25) is 0 Å². The van der Waals surface area contributed by atoms with Gasteiger partial charge in [-0.1, -0.05) is 0 Å². The molecule has 0 aromatic heterocycles. The van der Waals surface area contributed by atoms with E-state index in [1.54, 1.807) is 0 Å². The van der Waals surface area contributed by atoms with Gasteiger partial charge in [-0.25, -0.2) is 17.6 Å². The van der Waals surface area contributed by atoms with Gasteiger partial charge in [0, 0.05) is 0 Å². The highest BCUT2D eigenvalue weighted by Gasteiger charge is 2.56. The Balaban J connectivity index is 5.36. The summed E-state index contributed by atoms with van der Waals surface area (Å²) in [5, 5.41) is 8.67. The van der Waals surface area contributed by atoms with E-state index in [4.69, 9.17) is 5.11 Å². The molecule has 0 spiro atoms. The lowest BCUT2D eigenvalue weighted by Crippen LogP contribution is -2.37. The van der Waals surface area contributed by atoms with Crippen molar-refractivity contribution >= 4 is 7.60 Å². The van der Waals surface area contributed by atoms with E-state index >= 15 is 0 Å². The molecule has 1 N–H and O–H groups in total. The Bertz CT molecular complexity index is 424. The quantitative estimate of drug-likeness (QED) is 0.465. The summed E-state index contributed by atoms with van der Waals surface area (Å²) in [6, 6.07) is 0. The summed E-state index contributed by atoms with van der Waals surface area (Å²) in [6.45, 7) is -5.45. The lowest BCUT2D eigenvalue weighted by Gasteiger charge is -2.27. The van der Waals surface area contributed by atoms with Gasteiger partial charge in [0.2, 0.25) is 0 Å². The summed E-state index contributed by atoms with van der Waals surface area (Å²) in [4.78, 5) is 0. The standard InChI is InChI=1S/C8H8F11O4P/c9-3(10)6(13,14)1-22-24(21,5(20)8(17,18)19)23-2-7(15,16)4(11)12/h3-5,20H,1-2H2. The van der Waals surface area contributed by atoms with Crippen molar-refractivity contribution in [3.05, 3.63) is 0 Å². The highest BCUT2D eigenvalue weighted by molar-refractivity contribution is 7.54. The smallest absolute Gasteiger partial charge is 0.373 e. The second-order valence-electron chi connectivity index (χ2n) is 4.13. The number of alkyl halides is 11. The first-order valence-electron chi connectivity index (χ1n) is 5.41. The van der Waals surface area contributed by atoms with Gasteiger partial charge in [0.15, 0.2) is 0 Å². The van der Waals surface area contributed by atoms with Crippen LogP contribution in [-0.2, 0) is 13.6 Å². The maximum absolute atomic E-state index is 12.6. The third kappa shape index (κ3) is 6.33. The van der Waals surface area contributed by atoms with Crippen molar-refractivity contribution in [2.45, 2.75) is 36.7 Å². The van der Waals surface area contributed by atoms with Crippen LogP contribution < -0.4 is 0 Å². The number of hydrogen-bond acceptors (Lipinski definition) is 4. The molecular formula is C8H8F11O4P. The zero-order valence-electron chi connectivity index (χ0n) is 10.9. The van der Waals surface area contributed by atoms with Crippen molar-refractivity contribution < 1.29 is 67.0 Å². The fourth-order valence-corrected chi connectivity index (χ4v) is 2.26. The summed E-state index contributed by atoms with van der Waals surface area (Å²) in [7, 11) is -6.40. The molecule has 0 amide bonds. The van der Waals surface area contributed by atoms with Crippen molar-refractivity contribution in [2.75, 3.05) is 13.2 Å². The zero-order chi connectivity index (χ0) is 19.6. The average molecular weight is 408 g/mol. The van der Waals surface area contributed by atoms with E-state index in [-0.39, 0.29) is 0 Å². The molecule has 0 saturated heterocycles. The van der Waals surface area contributed by atoms with E-state index < -0.39 is 57.5 Å². The van der Waals surface area contributed by atoms with Crippen LogP contribution in [0.3, 0.4) is 0 Å². The van der Waals surface area contributed by atoms with E-state index in [0.717, 1.165) is 0 Å². The Kier molecular flexibility index (Phi) is 7.49. The SMILES string of the molecule is O=P(OCC(F)(F)C(F)F)(OCC(F)(F)C(F)F)C(O)C(F)(F)F. The van der Waals surface area contributed by atoms with Gasteiger partial charge in [0.25, 0.3) is 5.85 Å². The predicted molar refractivity (Wildman–Crippen MR) is 53.5 cm³/mol. The summed E-state index contributed by atoms with van der Waals surface area (Å²) in [6.07, 6.45) is -15.0. The summed E-state index contributed by atoms with van der Waals surface area (Å²) >= 11 is 0. The molecule has 0 saturated carbocycles. The topological polar surface area (TPSA) is 55.8 Å². The molecule has 1 atom stereocenters. The molecule has 0 rings (SSSR count). The van der Waals surface area contributed by atoms with Gasteiger partial charge in [0.1, 0.15) is 13.2 Å². The highest BCUT2D eigenvalue weighted by atomic mass is 31.2. The van der Waals surface area contributed by atoms with Crippen LogP contribution in [0.25, 0.3) is 0 Å². The molecule has 1 unspecified atom stereocenters. The molecule has 0 aliphatic rings. The first-order valence-corrected chi connectivity index (χ1v) is 7.02. The third-order valence-electron chi connectivity index (χ3n) is 2.10. The first-order chi connectivity index (χ1) is 10.5. The fraction of sp³-hybridized carbons (Fsp3) is 1.00.